The molecule has 2 aromatic carbocycles. The predicted molar refractivity (Wildman–Crippen MR) is 105 cm³/mol. The fourth-order valence-corrected chi connectivity index (χ4v) is 4.41. The molecule has 0 atom stereocenters. The third-order valence-electron chi connectivity index (χ3n) is 4.19. The van der Waals surface area contributed by atoms with Crippen molar-refractivity contribution in [3.63, 3.8) is 0 Å². The van der Waals surface area contributed by atoms with Gasteiger partial charge in [-0.3, -0.25) is 4.72 Å². The van der Waals surface area contributed by atoms with Crippen molar-refractivity contribution in [2.45, 2.75) is 25.7 Å². The largest absolute Gasteiger partial charge is 0.496 e. The third kappa shape index (κ3) is 4.31. The molecule has 1 N–H and O–H groups in total. The molecular weight excluding hydrogens is 366 g/mol. The number of methoxy groups -OCH3 is 1. The number of ether oxygens (including phenoxy) is 2. The Labute approximate surface area is 159 Å². The number of benzene rings is 2. The van der Waals surface area contributed by atoms with Crippen LogP contribution < -0.4 is 9.46 Å². The highest BCUT2D eigenvalue weighted by Crippen LogP contribution is 2.32. The number of hydrogen-bond donors (Lipinski definition) is 1. The van der Waals surface area contributed by atoms with Gasteiger partial charge in [0.15, 0.2) is 0 Å². The van der Waals surface area contributed by atoms with E-state index >= 15 is 0 Å². The van der Waals surface area contributed by atoms with E-state index in [9.17, 15) is 13.2 Å². The van der Waals surface area contributed by atoms with E-state index in [2.05, 4.69) is 11.3 Å². The Hall–Kier alpha value is -2.80. The van der Waals surface area contributed by atoms with E-state index in [1.165, 1.54) is 18.2 Å². The normalized spacial score (nSPS) is 11.0. The number of carbonyl (C=O) groups excluding carboxylic acids is 1. The molecule has 0 fully saturated rings. The van der Waals surface area contributed by atoms with Crippen molar-refractivity contribution in [2.24, 2.45) is 0 Å². The number of nitrogens with one attached hydrogen (secondary N) is 1. The van der Waals surface area contributed by atoms with Crippen LogP contribution in [0.25, 0.3) is 0 Å². The smallest absolute Gasteiger partial charge is 0.340 e. The molecule has 0 aliphatic rings. The molecular formula is C20H23NO5S. The summed E-state index contributed by atoms with van der Waals surface area (Å²) in [5, 5.41) is 0. The SMILES string of the molecule is C=CCOC(=O)c1ccccc1NS(=O)(=O)c1c(C)cc(OC)c(C)c1C. The first kappa shape index (κ1) is 20.5. The molecule has 2 aromatic rings. The van der Waals surface area contributed by atoms with Crippen LogP contribution in [0.4, 0.5) is 5.69 Å². The number of esters is 1. The number of carbonyl (C=O) groups is 1. The summed E-state index contributed by atoms with van der Waals surface area (Å²) in [4.78, 5) is 12.4. The van der Waals surface area contributed by atoms with Crippen LogP contribution in [0.5, 0.6) is 5.75 Å². The summed E-state index contributed by atoms with van der Waals surface area (Å²) < 4.78 is 39.0. The highest BCUT2D eigenvalue weighted by atomic mass is 32.2. The molecule has 144 valence electrons. The molecule has 0 saturated carbocycles. The van der Waals surface area contributed by atoms with Crippen LogP contribution in [0.2, 0.25) is 0 Å². The van der Waals surface area contributed by atoms with Crippen molar-refractivity contribution in [1.29, 1.82) is 0 Å². The molecule has 0 spiro atoms. The van der Waals surface area contributed by atoms with E-state index in [1.54, 1.807) is 46.1 Å². The van der Waals surface area contributed by atoms with Gasteiger partial charge in [0, 0.05) is 0 Å². The molecule has 0 aliphatic carbocycles. The highest BCUT2D eigenvalue weighted by molar-refractivity contribution is 7.92. The van der Waals surface area contributed by atoms with Gasteiger partial charge in [-0.1, -0.05) is 24.8 Å². The van der Waals surface area contributed by atoms with Crippen LogP contribution in [0.3, 0.4) is 0 Å². The Bertz CT molecular complexity index is 980. The van der Waals surface area contributed by atoms with Crippen molar-refractivity contribution in [2.75, 3.05) is 18.4 Å². The fourth-order valence-electron chi connectivity index (χ4n) is 2.81. The van der Waals surface area contributed by atoms with E-state index < -0.39 is 16.0 Å². The lowest BCUT2D eigenvalue weighted by Gasteiger charge is -2.18. The summed E-state index contributed by atoms with van der Waals surface area (Å²) >= 11 is 0. The average Bonchev–Trinajstić information content (AvgIpc) is 2.62. The lowest BCUT2D eigenvalue weighted by molar-refractivity contribution is 0.0551. The average molecular weight is 389 g/mol. The molecule has 0 amide bonds. The number of sulfonamides is 1. The lowest BCUT2D eigenvalue weighted by atomic mass is 10.1. The standard InChI is InChI=1S/C20H23NO5S/c1-6-11-26-20(22)16-9-7-8-10-17(16)21-27(23,24)19-13(2)12-18(25-5)14(3)15(19)4/h6-10,12,21H,1,11H2,2-5H3. The molecule has 0 aromatic heterocycles. The van der Waals surface area contributed by atoms with Crippen LogP contribution in [0, 0.1) is 20.8 Å². The zero-order chi connectivity index (χ0) is 20.2. The molecule has 6 nitrogen and oxygen atoms in total. The Morgan fingerprint density at radius 2 is 1.85 bits per heavy atom. The van der Waals surface area contributed by atoms with Gasteiger partial charge in [-0.05, 0) is 55.7 Å². The van der Waals surface area contributed by atoms with Gasteiger partial charge in [-0.25, -0.2) is 13.2 Å². The summed E-state index contributed by atoms with van der Waals surface area (Å²) in [7, 11) is -2.39. The molecule has 0 saturated heterocycles. The minimum atomic E-state index is -3.93. The Morgan fingerprint density at radius 3 is 2.48 bits per heavy atom. The van der Waals surface area contributed by atoms with Gasteiger partial charge in [0.25, 0.3) is 10.0 Å². The predicted octanol–water partition coefficient (Wildman–Crippen LogP) is 3.76. The van der Waals surface area contributed by atoms with Gasteiger partial charge in [0.1, 0.15) is 12.4 Å². The number of para-hydroxylation sites is 1. The molecule has 0 radical (unpaired) electrons. The topological polar surface area (TPSA) is 81.7 Å². The third-order valence-corrected chi connectivity index (χ3v) is 5.84. The zero-order valence-corrected chi connectivity index (χ0v) is 16.6. The molecule has 2 rings (SSSR count). The van der Waals surface area contributed by atoms with E-state index in [-0.39, 0.29) is 22.8 Å². The Morgan fingerprint density at radius 1 is 1.19 bits per heavy atom. The van der Waals surface area contributed by atoms with Gasteiger partial charge in [0.05, 0.1) is 23.3 Å². The second kappa shape index (κ2) is 8.26. The molecule has 0 unspecified atom stereocenters. The molecule has 27 heavy (non-hydrogen) atoms. The van der Waals surface area contributed by atoms with Gasteiger partial charge in [0.2, 0.25) is 0 Å². The maximum absolute atomic E-state index is 13.1. The summed E-state index contributed by atoms with van der Waals surface area (Å²) in [5.41, 5.74) is 2.16. The van der Waals surface area contributed by atoms with Crippen molar-refractivity contribution in [1.82, 2.24) is 0 Å². The van der Waals surface area contributed by atoms with Crippen molar-refractivity contribution in [3.05, 3.63) is 65.2 Å². The van der Waals surface area contributed by atoms with Gasteiger partial charge in [-0.15, -0.1) is 0 Å². The van der Waals surface area contributed by atoms with Crippen LogP contribution in [-0.4, -0.2) is 28.1 Å². The van der Waals surface area contributed by atoms with Gasteiger partial charge >= 0.3 is 5.97 Å². The Kier molecular flexibility index (Phi) is 6.28. The number of hydrogen-bond acceptors (Lipinski definition) is 5. The first-order valence-electron chi connectivity index (χ1n) is 8.27. The first-order chi connectivity index (χ1) is 12.7. The van der Waals surface area contributed by atoms with Crippen molar-refractivity contribution >= 4 is 21.7 Å². The van der Waals surface area contributed by atoms with Crippen LogP contribution in [0.1, 0.15) is 27.0 Å². The molecule has 0 heterocycles. The monoisotopic (exact) mass is 389 g/mol. The second-order valence-corrected chi connectivity index (χ2v) is 7.63. The number of aryl methyl sites for hydroxylation is 1. The molecule has 0 aliphatic heterocycles. The number of rotatable bonds is 7. The van der Waals surface area contributed by atoms with Gasteiger partial charge < -0.3 is 9.47 Å². The fraction of sp³-hybridized carbons (Fsp3) is 0.250. The maximum atomic E-state index is 13.1. The van der Waals surface area contributed by atoms with Crippen LogP contribution in [-0.2, 0) is 14.8 Å². The summed E-state index contributed by atoms with van der Waals surface area (Å²) in [6.45, 7) is 8.75. The van der Waals surface area contributed by atoms with Crippen LogP contribution >= 0.6 is 0 Å². The molecule has 7 heteroatoms. The van der Waals surface area contributed by atoms with E-state index in [0.29, 0.717) is 16.9 Å². The quantitative estimate of drug-likeness (QED) is 0.576. The number of anilines is 1. The van der Waals surface area contributed by atoms with Crippen LogP contribution in [0.15, 0.2) is 47.9 Å². The van der Waals surface area contributed by atoms with Crippen molar-refractivity contribution < 1.29 is 22.7 Å². The first-order valence-corrected chi connectivity index (χ1v) is 9.76. The lowest BCUT2D eigenvalue weighted by Crippen LogP contribution is -2.19. The maximum Gasteiger partial charge on any atom is 0.340 e. The summed E-state index contributed by atoms with van der Waals surface area (Å²) in [6, 6.07) is 7.98. The van der Waals surface area contributed by atoms with Gasteiger partial charge in [-0.2, -0.15) is 0 Å². The highest BCUT2D eigenvalue weighted by Gasteiger charge is 2.24. The second-order valence-electron chi connectivity index (χ2n) is 6.01. The minimum absolute atomic E-state index is 0.0375. The van der Waals surface area contributed by atoms with E-state index in [4.69, 9.17) is 9.47 Å². The van der Waals surface area contributed by atoms with E-state index in [0.717, 1.165) is 5.56 Å². The van der Waals surface area contributed by atoms with E-state index in [1.807, 2.05) is 0 Å². The zero-order valence-electron chi connectivity index (χ0n) is 15.8. The minimum Gasteiger partial charge on any atom is -0.496 e. The van der Waals surface area contributed by atoms with Crippen molar-refractivity contribution in [3.8, 4) is 5.75 Å². The Balaban J connectivity index is 2.49. The summed E-state index contributed by atoms with van der Waals surface area (Å²) in [5.74, 6) is -0.00934. The molecule has 0 bridgehead atoms. The summed E-state index contributed by atoms with van der Waals surface area (Å²) in [6.07, 6.45) is 1.44.